The first-order valence-electron chi connectivity index (χ1n) is 9.00. The molecule has 0 aliphatic carbocycles. The molecule has 0 heterocycles. The molecule has 0 radical (unpaired) electrons. The standard InChI is InChI=1S/C21H26N2O3/c1-3-4-5-6-15-26-19-13-11-18(12-14-19)21(25)23-22-20(24)17-9-7-16(2)8-10-17/h7-14H,3-6,15H2,1-2H3,(H,22,24)(H,23,25). The molecule has 0 saturated carbocycles. The number of hydrazine groups is 1. The topological polar surface area (TPSA) is 67.4 Å². The van der Waals surface area contributed by atoms with Gasteiger partial charge in [0.05, 0.1) is 6.61 Å². The minimum absolute atomic E-state index is 0.356. The second-order valence-electron chi connectivity index (χ2n) is 6.21. The number of aryl methyl sites for hydroxylation is 1. The third-order valence-corrected chi connectivity index (χ3v) is 3.99. The highest BCUT2D eigenvalue weighted by molar-refractivity contribution is 5.99. The van der Waals surface area contributed by atoms with Crippen molar-refractivity contribution < 1.29 is 14.3 Å². The van der Waals surface area contributed by atoms with E-state index in [0.29, 0.717) is 17.7 Å². The van der Waals surface area contributed by atoms with Crippen molar-refractivity contribution in [1.29, 1.82) is 0 Å². The summed E-state index contributed by atoms with van der Waals surface area (Å²) < 4.78 is 5.65. The van der Waals surface area contributed by atoms with E-state index in [0.717, 1.165) is 24.2 Å². The van der Waals surface area contributed by atoms with Gasteiger partial charge in [-0.05, 0) is 49.7 Å². The molecule has 0 atom stereocenters. The van der Waals surface area contributed by atoms with Gasteiger partial charge in [-0.1, -0.05) is 43.9 Å². The van der Waals surface area contributed by atoms with Crippen molar-refractivity contribution in [2.75, 3.05) is 6.61 Å². The number of ether oxygens (including phenoxy) is 1. The predicted molar refractivity (Wildman–Crippen MR) is 102 cm³/mol. The number of nitrogens with one attached hydrogen (secondary N) is 2. The Morgan fingerprint density at radius 2 is 1.35 bits per heavy atom. The molecule has 2 N–H and O–H groups in total. The number of amides is 2. The van der Waals surface area contributed by atoms with Gasteiger partial charge in [-0.2, -0.15) is 0 Å². The summed E-state index contributed by atoms with van der Waals surface area (Å²) in [7, 11) is 0. The van der Waals surface area contributed by atoms with E-state index < -0.39 is 0 Å². The molecule has 0 spiro atoms. The molecule has 138 valence electrons. The van der Waals surface area contributed by atoms with E-state index in [1.54, 1.807) is 36.4 Å². The highest BCUT2D eigenvalue weighted by atomic mass is 16.5. The molecule has 0 aliphatic heterocycles. The summed E-state index contributed by atoms with van der Waals surface area (Å²) in [6.45, 7) is 4.80. The fraction of sp³-hybridized carbons (Fsp3) is 0.333. The Morgan fingerprint density at radius 3 is 1.88 bits per heavy atom. The molecule has 0 bridgehead atoms. The lowest BCUT2D eigenvalue weighted by Crippen LogP contribution is -2.41. The van der Waals surface area contributed by atoms with Gasteiger partial charge in [0.15, 0.2) is 0 Å². The van der Waals surface area contributed by atoms with Gasteiger partial charge in [-0.25, -0.2) is 0 Å². The number of rotatable bonds is 8. The molecule has 5 heteroatoms. The fourth-order valence-electron chi connectivity index (χ4n) is 2.38. The molecule has 0 fully saturated rings. The van der Waals surface area contributed by atoms with Crippen molar-refractivity contribution >= 4 is 11.8 Å². The Balaban J connectivity index is 1.78. The van der Waals surface area contributed by atoms with Gasteiger partial charge in [0.2, 0.25) is 0 Å². The van der Waals surface area contributed by atoms with Gasteiger partial charge in [-0.3, -0.25) is 20.4 Å². The summed E-state index contributed by atoms with van der Waals surface area (Å²) in [5, 5.41) is 0. The number of carbonyl (C=O) groups is 2. The number of hydrogen-bond donors (Lipinski definition) is 2. The Kier molecular flexibility index (Phi) is 7.68. The van der Waals surface area contributed by atoms with Gasteiger partial charge in [0.25, 0.3) is 11.8 Å². The van der Waals surface area contributed by atoms with Crippen molar-refractivity contribution in [1.82, 2.24) is 10.9 Å². The van der Waals surface area contributed by atoms with Crippen LogP contribution in [0.5, 0.6) is 5.75 Å². The first kappa shape index (κ1) is 19.5. The molecular formula is C21H26N2O3. The van der Waals surface area contributed by atoms with Crippen LogP contribution >= 0.6 is 0 Å². The molecule has 0 saturated heterocycles. The van der Waals surface area contributed by atoms with Crippen LogP contribution in [0.4, 0.5) is 0 Å². The molecule has 2 amide bonds. The van der Waals surface area contributed by atoms with E-state index in [-0.39, 0.29) is 11.8 Å². The minimum atomic E-state index is -0.375. The number of unbranched alkanes of at least 4 members (excludes halogenated alkanes) is 3. The summed E-state index contributed by atoms with van der Waals surface area (Å²) in [4.78, 5) is 24.1. The molecule has 0 unspecified atom stereocenters. The average Bonchev–Trinajstić information content (AvgIpc) is 2.66. The Hall–Kier alpha value is -2.82. The second-order valence-corrected chi connectivity index (χ2v) is 6.21. The zero-order valence-corrected chi connectivity index (χ0v) is 15.4. The first-order chi connectivity index (χ1) is 12.6. The molecular weight excluding hydrogens is 328 g/mol. The summed E-state index contributed by atoms with van der Waals surface area (Å²) in [5.74, 6) is 0.00656. The molecule has 2 rings (SSSR count). The third kappa shape index (κ3) is 6.24. The smallest absolute Gasteiger partial charge is 0.269 e. The van der Waals surface area contributed by atoms with Crippen molar-refractivity contribution in [3.8, 4) is 5.75 Å². The van der Waals surface area contributed by atoms with Crippen LogP contribution in [0.1, 0.15) is 58.9 Å². The van der Waals surface area contributed by atoms with E-state index >= 15 is 0 Å². The summed E-state index contributed by atoms with van der Waals surface area (Å²) in [6.07, 6.45) is 4.61. The van der Waals surface area contributed by atoms with E-state index in [1.165, 1.54) is 12.8 Å². The third-order valence-electron chi connectivity index (χ3n) is 3.99. The second kappa shape index (κ2) is 10.2. The Labute approximate surface area is 154 Å². The Bertz CT molecular complexity index is 709. The van der Waals surface area contributed by atoms with Crippen LogP contribution in [-0.2, 0) is 0 Å². The highest BCUT2D eigenvalue weighted by Gasteiger charge is 2.09. The SMILES string of the molecule is CCCCCCOc1ccc(C(=O)NNC(=O)c2ccc(C)cc2)cc1. The molecule has 5 nitrogen and oxygen atoms in total. The average molecular weight is 354 g/mol. The molecule has 0 aromatic heterocycles. The predicted octanol–water partition coefficient (Wildman–Crippen LogP) is 4.03. The highest BCUT2D eigenvalue weighted by Crippen LogP contribution is 2.13. The van der Waals surface area contributed by atoms with Crippen molar-refractivity contribution in [2.24, 2.45) is 0 Å². The molecule has 2 aromatic rings. The van der Waals surface area contributed by atoms with Gasteiger partial charge < -0.3 is 4.74 Å². The Morgan fingerprint density at radius 1 is 0.808 bits per heavy atom. The number of carbonyl (C=O) groups excluding carboxylic acids is 2. The zero-order valence-electron chi connectivity index (χ0n) is 15.4. The first-order valence-corrected chi connectivity index (χ1v) is 9.00. The maximum absolute atomic E-state index is 12.1. The number of hydrogen-bond acceptors (Lipinski definition) is 3. The van der Waals surface area contributed by atoms with Gasteiger partial charge >= 0.3 is 0 Å². The molecule has 2 aromatic carbocycles. The summed E-state index contributed by atoms with van der Waals surface area (Å²) in [5.41, 5.74) is 6.84. The van der Waals surface area contributed by atoms with Crippen molar-refractivity contribution in [3.05, 3.63) is 65.2 Å². The van der Waals surface area contributed by atoms with Gasteiger partial charge in [0.1, 0.15) is 5.75 Å². The van der Waals surface area contributed by atoms with Crippen LogP contribution in [0.15, 0.2) is 48.5 Å². The maximum atomic E-state index is 12.1. The lowest BCUT2D eigenvalue weighted by molar-refractivity contribution is 0.0846. The maximum Gasteiger partial charge on any atom is 0.269 e. The summed E-state index contributed by atoms with van der Waals surface area (Å²) in [6, 6.07) is 14.0. The van der Waals surface area contributed by atoms with Crippen molar-refractivity contribution in [2.45, 2.75) is 39.5 Å². The van der Waals surface area contributed by atoms with Crippen LogP contribution in [0.25, 0.3) is 0 Å². The van der Waals surface area contributed by atoms with Crippen LogP contribution in [0.2, 0.25) is 0 Å². The van der Waals surface area contributed by atoms with Crippen molar-refractivity contribution in [3.63, 3.8) is 0 Å². The molecule has 0 aliphatic rings. The minimum Gasteiger partial charge on any atom is -0.494 e. The summed E-state index contributed by atoms with van der Waals surface area (Å²) >= 11 is 0. The quantitative estimate of drug-likeness (QED) is 0.555. The van der Waals surface area contributed by atoms with Gasteiger partial charge in [0, 0.05) is 11.1 Å². The molecule has 26 heavy (non-hydrogen) atoms. The van der Waals surface area contributed by atoms with Crippen LogP contribution < -0.4 is 15.6 Å². The van der Waals surface area contributed by atoms with E-state index in [1.807, 2.05) is 19.1 Å². The number of benzene rings is 2. The van der Waals surface area contributed by atoms with E-state index in [4.69, 9.17) is 4.74 Å². The van der Waals surface area contributed by atoms with E-state index in [9.17, 15) is 9.59 Å². The van der Waals surface area contributed by atoms with Crippen LogP contribution in [0.3, 0.4) is 0 Å². The van der Waals surface area contributed by atoms with E-state index in [2.05, 4.69) is 17.8 Å². The van der Waals surface area contributed by atoms with Crippen LogP contribution in [0, 0.1) is 6.92 Å². The lowest BCUT2D eigenvalue weighted by Gasteiger charge is -2.09. The normalized spacial score (nSPS) is 10.2. The lowest BCUT2D eigenvalue weighted by atomic mass is 10.1. The van der Waals surface area contributed by atoms with Crippen LogP contribution in [-0.4, -0.2) is 18.4 Å². The van der Waals surface area contributed by atoms with Gasteiger partial charge in [-0.15, -0.1) is 0 Å². The monoisotopic (exact) mass is 354 g/mol. The largest absolute Gasteiger partial charge is 0.494 e. The zero-order chi connectivity index (χ0) is 18.8. The fourth-order valence-corrected chi connectivity index (χ4v) is 2.38.